The number of esters is 1. The molecular formula is C10H20O3. The summed E-state index contributed by atoms with van der Waals surface area (Å²) in [6.45, 7) is 6.68. The first kappa shape index (κ1) is 12.4. The summed E-state index contributed by atoms with van der Waals surface area (Å²) < 4.78 is 9.80. The summed E-state index contributed by atoms with van der Waals surface area (Å²) in [5.41, 5.74) is 0. The largest absolute Gasteiger partial charge is 0.467 e. The van der Waals surface area contributed by atoms with Crippen molar-refractivity contribution in [2.45, 2.75) is 39.7 Å². The minimum Gasteiger partial charge on any atom is -0.467 e. The van der Waals surface area contributed by atoms with Gasteiger partial charge in [0, 0.05) is 6.61 Å². The summed E-state index contributed by atoms with van der Waals surface area (Å²) in [6, 6.07) is 0. The fourth-order valence-electron chi connectivity index (χ4n) is 0.986. The quantitative estimate of drug-likeness (QED) is 0.472. The Balaban J connectivity index is 3.37. The van der Waals surface area contributed by atoms with Crippen LogP contribution in [0.15, 0.2) is 0 Å². The third kappa shape index (κ3) is 6.58. The maximum atomic E-state index is 10.9. The summed E-state index contributed by atoms with van der Waals surface area (Å²) >= 11 is 0. The molecule has 3 nitrogen and oxygen atoms in total. The average molecular weight is 188 g/mol. The normalized spacial score (nSPS) is 13.0. The van der Waals surface area contributed by atoms with E-state index in [0.717, 1.165) is 12.8 Å². The lowest BCUT2D eigenvalue weighted by molar-refractivity contribution is -0.152. The first-order valence-corrected chi connectivity index (χ1v) is 4.77. The first-order valence-electron chi connectivity index (χ1n) is 4.77. The van der Waals surface area contributed by atoms with E-state index in [9.17, 15) is 4.79 Å². The van der Waals surface area contributed by atoms with E-state index >= 15 is 0 Å². The molecule has 3 heteroatoms. The first-order chi connectivity index (χ1) is 6.07. The van der Waals surface area contributed by atoms with E-state index in [4.69, 9.17) is 4.74 Å². The molecule has 0 bridgehead atoms. The lowest BCUT2D eigenvalue weighted by Crippen LogP contribution is -2.22. The van der Waals surface area contributed by atoms with Crippen molar-refractivity contribution >= 4 is 5.97 Å². The van der Waals surface area contributed by atoms with Crippen LogP contribution in [0.2, 0.25) is 0 Å². The number of carbonyl (C=O) groups is 1. The SMILES string of the molecule is COC(=O)[C@@H](C)OCCCC(C)C. The van der Waals surface area contributed by atoms with Gasteiger partial charge >= 0.3 is 5.97 Å². The minimum atomic E-state index is -0.433. The van der Waals surface area contributed by atoms with E-state index in [2.05, 4.69) is 18.6 Å². The number of hydrogen-bond donors (Lipinski definition) is 0. The molecule has 0 unspecified atom stereocenters. The predicted molar refractivity (Wildman–Crippen MR) is 51.5 cm³/mol. The van der Waals surface area contributed by atoms with Crippen LogP contribution in [-0.4, -0.2) is 25.8 Å². The van der Waals surface area contributed by atoms with Crippen molar-refractivity contribution in [1.82, 2.24) is 0 Å². The van der Waals surface area contributed by atoms with E-state index < -0.39 is 6.10 Å². The van der Waals surface area contributed by atoms with E-state index in [0.29, 0.717) is 12.5 Å². The molecule has 0 aliphatic heterocycles. The Hall–Kier alpha value is -0.570. The average Bonchev–Trinajstić information content (AvgIpc) is 2.10. The van der Waals surface area contributed by atoms with Gasteiger partial charge in [0.25, 0.3) is 0 Å². The van der Waals surface area contributed by atoms with Crippen LogP contribution in [0.5, 0.6) is 0 Å². The number of carbonyl (C=O) groups excluding carboxylic acids is 1. The standard InChI is InChI=1S/C10H20O3/c1-8(2)6-5-7-13-9(3)10(11)12-4/h8-9H,5-7H2,1-4H3/t9-/m1/s1. The molecule has 0 aliphatic carbocycles. The minimum absolute atomic E-state index is 0.301. The summed E-state index contributed by atoms with van der Waals surface area (Å²) in [6.07, 6.45) is 1.70. The summed E-state index contributed by atoms with van der Waals surface area (Å²) in [5, 5.41) is 0. The second-order valence-electron chi connectivity index (χ2n) is 3.57. The van der Waals surface area contributed by atoms with E-state index in [-0.39, 0.29) is 5.97 Å². The molecule has 0 aromatic heterocycles. The Morgan fingerprint density at radius 2 is 1.92 bits per heavy atom. The summed E-state index contributed by atoms with van der Waals surface area (Å²) in [4.78, 5) is 10.9. The third-order valence-corrected chi connectivity index (χ3v) is 1.83. The molecule has 0 radical (unpaired) electrons. The summed E-state index contributed by atoms with van der Waals surface area (Å²) in [7, 11) is 1.37. The van der Waals surface area contributed by atoms with Gasteiger partial charge < -0.3 is 9.47 Å². The van der Waals surface area contributed by atoms with Crippen LogP contribution < -0.4 is 0 Å². The molecule has 0 N–H and O–H groups in total. The molecule has 78 valence electrons. The maximum absolute atomic E-state index is 10.9. The molecule has 0 amide bonds. The zero-order valence-electron chi connectivity index (χ0n) is 9.00. The number of methoxy groups -OCH3 is 1. The van der Waals surface area contributed by atoms with Gasteiger partial charge in [-0.15, -0.1) is 0 Å². The van der Waals surface area contributed by atoms with Gasteiger partial charge in [0.05, 0.1) is 7.11 Å². The van der Waals surface area contributed by atoms with E-state index in [1.165, 1.54) is 7.11 Å². The molecule has 0 rings (SSSR count). The molecule has 0 spiro atoms. The molecule has 13 heavy (non-hydrogen) atoms. The van der Waals surface area contributed by atoms with Crippen molar-refractivity contribution in [3.8, 4) is 0 Å². The third-order valence-electron chi connectivity index (χ3n) is 1.83. The van der Waals surface area contributed by atoms with Gasteiger partial charge in [-0.25, -0.2) is 4.79 Å². The Morgan fingerprint density at radius 1 is 1.31 bits per heavy atom. The lowest BCUT2D eigenvalue weighted by atomic mass is 10.1. The lowest BCUT2D eigenvalue weighted by Gasteiger charge is -2.10. The second-order valence-corrected chi connectivity index (χ2v) is 3.57. The maximum Gasteiger partial charge on any atom is 0.334 e. The van der Waals surface area contributed by atoms with Crippen LogP contribution >= 0.6 is 0 Å². The van der Waals surface area contributed by atoms with Crippen molar-refractivity contribution < 1.29 is 14.3 Å². The molecule has 0 saturated heterocycles. The van der Waals surface area contributed by atoms with Crippen LogP contribution in [0.3, 0.4) is 0 Å². The van der Waals surface area contributed by atoms with Crippen LogP contribution in [0.4, 0.5) is 0 Å². The fraction of sp³-hybridized carbons (Fsp3) is 0.900. The van der Waals surface area contributed by atoms with Crippen molar-refractivity contribution in [2.75, 3.05) is 13.7 Å². The zero-order chi connectivity index (χ0) is 10.3. The Bertz CT molecular complexity index is 143. The van der Waals surface area contributed by atoms with Crippen LogP contribution in [0, 0.1) is 5.92 Å². The van der Waals surface area contributed by atoms with Gasteiger partial charge in [0.2, 0.25) is 0 Å². The van der Waals surface area contributed by atoms with Gasteiger partial charge in [-0.1, -0.05) is 13.8 Å². The molecule has 0 aromatic carbocycles. The monoisotopic (exact) mass is 188 g/mol. The number of rotatable bonds is 6. The molecule has 0 aliphatic rings. The molecule has 0 fully saturated rings. The fourth-order valence-corrected chi connectivity index (χ4v) is 0.986. The topological polar surface area (TPSA) is 35.5 Å². The molecule has 0 saturated carbocycles. The van der Waals surface area contributed by atoms with Crippen LogP contribution in [0.1, 0.15) is 33.6 Å². The zero-order valence-corrected chi connectivity index (χ0v) is 9.00. The van der Waals surface area contributed by atoms with Gasteiger partial charge in [0.1, 0.15) is 0 Å². The molecular weight excluding hydrogens is 168 g/mol. The molecule has 0 aromatic rings. The smallest absolute Gasteiger partial charge is 0.334 e. The molecule has 0 heterocycles. The number of hydrogen-bond acceptors (Lipinski definition) is 3. The van der Waals surface area contributed by atoms with Crippen LogP contribution in [-0.2, 0) is 14.3 Å². The van der Waals surface area contributed by atoms with E-state index in [1.807, 2.05) is 0 Å². The van der Waals surface area contributed by atoms with Crippen molar-refractivity contribution in [2.24, 2.45) is 5.92 Å². The highest BCUT2D eigenvalue weighted by atomic mass is 16.6. The Labute approximate surface area is 80.4 Å². The van der Waals surface area contributed by atoms with Gasteiger partial charge in [-0.3, -0.25) is 0 Å². The Kier molecular flexibility index (Phi) is 6.59. The highest BCUT2D eigenvalue weighted by Crippen LogP contribution is 2.04. The predicted octanol–water partition coefficient (Wildman–Crippen LogP) is 2.00. The highest BCUT2D eigenvalue weighted by molar-refractivity contribution is 5.73. The van der Waals surface area contributed by atoms with Crippen molar-refractivity contribution in [3.05, 3.63) is 0 Å². The van der Waals surface area contributed by atoms with Gasteiger partial charge in [-0.05, 0) is 25.7 Å². The van der Waals surface area contributed by atoms with Crippen molar-refractivity contribution in [3.63, 3.8) is 0 Å². The summed E-state index contributed by atoms with van der Waals surface area (Å²) in [5.74, 6) is 0.390. The van der Waals surface area contributed by atoms with Gasteiger partial charge in [-0.2, -0.15) is 0 Å². The van der Waals surface area contributed by atoms with Crippen LogP contribution in [0.25, 0.3) is 0 Å². The van der Waals surface area contributed by atoms with Gasteiger partial charge in [0.15, 0.2) is 6.10 Å². The highest BCUT2D eigenvalue weighted by Gasteiger charge is 2.12. The molecule has 1 atom stereocenters. The Morgan fingerprint density at radius 3 is 2.38 bits per heavy atom. The second kappa shape index (κ2) is 6.89. The number of ether oxygens (including phenoxy) is 2. The van der Waals surface area contributed by atoms with E-state index in [1.54, 1.807) is 6.92 Å². The van der Waals surface area contributed by atoms with Crippen molar-refractivity contribution in [1.29, 1.82) is 0 Å².